The van der Waals surface area contributed by atoms with Crippen LogP contribution in [-0.4, -0.2) is 38.2 Å². The summed E-state index contributed by atoms with van der Waals surface area (Å²) in [6, 6.07) is 6.58. The lowest BCUT2D eigenvalue weighted by atomic mass is 10.1. The minimum Gasteiger partial charge on any atom is -0.492 e. The molecule has 1 fully saturated rings. The van der Waals surface area contributed by atoms with Gasteiger partial charge in [-0.1, -0.05) is 24.6 Å². The van der Waals surface area contributed by atoms with E-state index in [1.807, 2.05) is 39.8 Å². The second-order valence-corrected chi connectivity index (χ2v) is 9.61. The van der Waals surface area contributed by atoms with Crippen LogP contribution in [0.2, 0.25) is 0 Å². The Bertz CT molecular complexity index is 1080. The van der Waals surface area contributed by atoms with Gasteiger partial charge in [0.15, 0.2) is 0 Å². The number of aryl methyl sites for hydroxylation is 1. The topological polar surface area (TPSA) is 86.1 Å². The average Bonchev–Trinajstić information content (AvgIpc) is 3.51. The third-order valence-electron chi connectivity index (χ3n) is 5.36. The number of ether oxygens (including phenoxy) is 1. The highest BCUT2D eigenvalue weighted by Gasteiger charge is 2.22. The molecule has 1 aliphatic carbocycles. The lowest BCUT2D eigenvalue weighted by Gasteiger charge is -2.20. The van der Waals surface area contributed by atoms with Gasteiger partial charge in [-0.2, -0.15) is 0 Å². The largest absolute Gasteiger partial charge is 0.492 e. The molecule has 178 valence electrons. The van der Waals surface area contributed by atoms with E-state index in [9.17, 15) is 0 Å². The molecule has 1 aliphatic rings. The summed E-state index contributed by atoms with van der Waals surface area (Å²) in [6.45, 7) is 10.8. The summed E-state index contributed by atoms with van der Waals surface area (Å²) in [7, 11) is 0. The Balaban J connectivity index is 1.71. The summed E-state index contributed by atoms with van der Waals surface area (Å²) in [6.07, 6.45) is 8.31. The number of nitrogens with zero attached hydrogens (tertiary/aromatic N) is 4. The molecule has 0 atom stereocenters. The third kappa shape index (κ3) is 6.06. The molecular weight excluding hydrogens is 416 g/mol. The van der Waals surface area contributed by atoms with Gasteiger partial charge in [0.05, 0.1) is 18.0 Å². The van der Waals surface area contributed by atoms with Crippen molar-refractivity contribution in [2.75, 3.05) is 17.2 Å². The number of anilines is 3. The van der Waals surface area contributed by atoms with Gasteiger partial charge >= 0.3 is 0 Å². The van der Waals surface area contributed by atoms with Gasteiger partial charge in [0, 0.05) is 23.6 Å². The number of rotatable bonds is 11. The van der Waals surface area contributed by atoms with E-state index in [2.05, 4.69) is 33.6 Å². The van der Waals surface area contributed by atoms with Crippen molar-refractivity contribution in [3.05, 3.63) is 30.2 Å². The van der Waals surface area contributed by atoms with Crippen molar-refractivity contribution in [2.45, 2.75) is 84.8 Å². The summed E-state index contributed by atoms with van der Waals surface area (Å²) in [5, 5.41) is 12.8. The maximum Gasteiger partial charge on any atom is 0.145 e. The molecule has 0 aliphatic heterocycles. The summed E-state index contributed by atoms with van der Waals surface area (Å²) in [5.74, 6) is 2.29. The highest BCUT2D eigenvalue weighted by molar-refractivity contribution is 5.89. The quantitative estimate of drug-likeness (QED) is 0.371. The summed E-state index contributed by atoms with van der Waals surface area (Å²) in [4.78, 5) is 16.6. The smallest absolute Gasteiger partial charge is 0.145 e. The predicted molar refractivity (Wildman–Crippen MR) is 132 cm³/mol. The fourth-order valence-electron chi connectivity index (χ4n) is 3.68. The monoisotopic (exact) mass is 452 g/mol. The van der Waals surface area contributed by atoms with Crippen molar-refractivity contribution in [3.63, 3.8) is 0 Å². The van der Waals surface area contributed by atoms with Gasteiger partial charge in [0.2, 0.25) is 0 Å². The standard InChI is InChI=1S/C25H36N6O2/c1-6-8-9-10-19-18-13-20(29-24-15-23(26-16-27-24)28-17-11-12-17)22(32-7-2)14-21(18)31(30-19)33-25(3,4)5/h13-17H,6-12H2,1-5H3,(H2,26,27,28,29). The second-order valence-electron chi connectivity index (χ2n) is 9.61. The molecule has 0 spiro atoms. The fraction of sp³-hybridized carbons (Fsp3) is 0.560. The Morgan fingerprint density at radius 1 is 1.06 bits per heavy atom. The summed E-state index contributed by atoms with van der Waals surface area (Å²) in [5.41, 5.74) is 2.43. The zero-order valence-electron chi connectivity index (χ0n) is 20.4. The van der Waals surface area contributed by atoms with Crippen molar-refractivity contribution in [1.29, 1.82) is 0 Å². The first-order valence-electron chi connectivity index (χ1n) is 12.1. The zero-order chi connectivity index (χ0) is 23.4. The van der Waals surface area contributed by atoms with Crippen LogP contribution in [0.25, 0.3) is 10.9 Å². The van der Waals surface area contributed by atoms with Crippen LogP contribution < -0.4 is 20.2 Å². The molecule has 2 heterocycles. The first-order valence-corrected chi connectivity index (χ1v) is 12.1. The van der Waals surface area contributed by atoms with Gasteiger partial charge in [-0.3, -0.25) is 0 Å². The van der Waals surface area contributed by atoms with E-state index in [1.54, 1.807) is 11.2 Å². The number of hydrogen-bond donors (Lipinski definition) is 2. The van der Waals surface area contributed by atoms with Gasteiger partial charge in [-0.05, 0) is 59.4 Å². The van der Waals surface area contributed by atoms with Crippen molar-refractivity contribution >= 4 is 28.2 Å². The van der Waals surface area contributed by atoms with Gasteiger partial charge in [0.1, 0.15) is 34.8 Å². The maximum atomic E-state index is 6.15. The van der Waals surface area contributed by atoms with Crippen LogP contribution in [0.15, 0.2) is 24.5 Å². The van der Waals surface area contributed by atoms with Crippen LogP contribution in [0.1, 0.15) is 72.4 Å². The Morgan fingerprint density at radius 3 is 2.55 bits per heavy atom. The average molecular weight is 453 g/mol. The van der Waals surface area contributed by atoms with Crippen molar-refractivity contribution < 1.29 is 9.57 Å². The molecule has 0 radical (unpaired) electrons. The number of benzene rings is 1. The molecule has 0 amide bonds. The lowest BCUT2D eigenvalue weighted by Crippen LogP contribution is -2.32. The fourth-order valence-corrected chi connectivity index (χ4v) is 3.68. The third-order valence-corrected chi connectivity index (χ3v) is 5.36. The van der Waals surface area contributed by atoms with Gasteiger partial charge in [0.25, 0.3) is 0 Å². The molecule has 3 aromatic rings. The minimum absolute atomic E-state index is 0.367. The van der Waals surface area contributed by atoms with Crippen molar-refractivity contribution in [3.8, 4) is 5.75 Å². The summed E-state index contributed by atoms with van der Waals surface area (Å²) >= 11 is 0. The van der Waals surface area contributed by atoms with E-state index in [-0.39, 0.29) is 5.60 Å². The van der Waals surface area contributed by atoms with Crippen LogP contribution in [-0.2, 0) is 6.42 Å². The Kier molecular flexibility index (Phi) is 6.91. The van der Waals surface area contributed by atoms with Crippen molar-refractivity contribution in [2.24, 2.45) is 0 Å². The van der Waals surface area contributed by atoms with E-state index in [1.165, 1.54) is 25.7 Å². The molecule has 0 unspecified atom stereocenters. The molecule has 0 saturated heterocycles. The van der Waals surface area contributed by atoms with E-state index in [0.29, 0.717) is 12.6 Å². The molecule has 8 nitrogen and oxygen atoms in total. The van der Waals surface area contributed by atoms with Crippen molar-refractivity contribution in [1.82, 2.24) is 19.9 Å². The van der Waals surface area contributed by atoms with Crippen LogP contribution >= 0.6 is 0 Å². The number of nitrogens with one attached hydrogen (secondary N) is 2. The highest BCUT2D eigenvalue weighted by atomic mass is 16.7. The van der Waals surface area contributed by atoms with E-state index in [4.69, 9.17) is 14.7 Å². The molecule has 1 saturated carbocycles. The Hall–Kier alpha value is -3.03. The highest BCUT2D eigenvalue weighted by Crippen LogP contribution is 2.35. The number of unbranched alkanes of at least 4 members (excludes halogenated alkanes) is 2. The summed E-state index contributed by atoms with van der Waals surface area (Å²) < 4.78 is 6.00. The molecular formula is C25H36N6O2. The van der Waals surface area contributed by atoms with Crippen LogP contribution in [0.4, 0.5) is 17.3 Å². The molecule has 8 heteroatoms. The van der Waals surface area contributed by atoms with Gasteiger partial charge < -0.3 is 20.2 Å². The SMILES string of the molecule is CCCCCc1nn(OC(C)(C)C)c2cc(OCC)c(Nc3cc(NC4CC4)ncn3)cc12. The molecule has 2 aromatic heterocycles. The Morgan fingerprint density at radius 2 is 1.85 bits per heavy atom. The van der Waals surface area contributed by atoms with E-state index >= 15 is 0 Å². The second kappa shape index (κ2) is 9.85. The van der Waals surface area contributed by atoms with Crippen LogP contribution in [0, 0.1) is 0 Å². The normalized spacial score (nSPS) is 13.8. The number of fused-ring (bicyclic) bond motifs is 1. The van der Waals surface area contributed by atoms with Crippen LogP contribution in [0.5, 0.6) is 5.75 Å². The maximum absolute atomic E-state index is 6.15. The molecule has 4 rings (SSSR count). The van der Waals surface area contributed by atoms with E-state index < -0.39 is 0 Å². The van der Waals surface area contributed by atoms with Gasteiger partial charge in [-0.25, -0.2) is 9.97 Å². The van der Waals surface area contributed by atoms with E-state index in [0.717, 1.165) is 52.5 Å². The number of aromatic nitrogens is 4. The predicted octanol–water partition coefficient (Wildman–Crippen LogP) is 5.50. The van der Waals surface area contributed by atoms with Crippen LogP contribution in [0.3, 0.4) is 0 Å². The first-order chi connectivity index (χ1) is 15.9. The molecule has 0 bridgehead atoms. The molecule has 1 aromatic carbocycles. The Labute approximate surface area is 196 Å². The molecule has 33 heavy (non-hydrogen) atoms. The lowest BCUT2D eigenvalue weighted by molar-refractivity contribution is -0.0274. The zero-order valence-corrected chi connectivity index (χ0v) is 20.4. The first kappa shape index (κ1) is 23.1. The molecule has 2 N–H and O–H groups in total. The minimum atomic E-state index is -0.367. The number of hydrogen-bond acceptors (Lipinski definition) is 7. The van der Waals surface area contributed by atoms with Gasteiger partial charge in [-0.15, -0.1) is 5.10 Å².